The second kappa shape index (κ2) is 7.75. The van der Waals surface area contributed by atoms with Gasteiger partial charge in [-0.2, -0.15) is 0 Å². The third-order valence-corrected chi connectivity index (χ3v) is 4.64. The Kier molecular flexibility index (Phi) is 5.01. The lowest BCUT2D eigenvalue weighted by Crippen LogP contribution is -2.12. The molecule has 0 fully saturated rings. The largest absolute Gasteiger partial charge is 0.392 e. The second-order valence-corrected chi connectivity index (χ2v) is 6.63. The molecule has 8 heteroatoms. The van der Waals surface area contributed by atoms with E-state index in [1.54, 1.807) is 43.0 Å². The summed E-state index contributed by atoms with van der Waals surface area (Å²) in [5.74, 6) is -0.317. The molecule has 0 spiro atoms. The Balaban J connectivity index is 1.55. The van der Waals surface area contributed by atoms with Crippen LogP contribution in [0, 0.1) is 0 Å². The first-order valence-corrected chi connectivity index (χ1v) is 8.92. The van der Waals surface area contributed by atoms with E-state index in [2.05, 4.69) is 20.3 Å². The van der Waals surface area contributed by atoms with Gasteiger partial charge in [0.25, 0.3) is 5.91 Å². The van der Waals surface area contributed by atoms with Crippen LogP contribution in [0.25, 0.3) is 11.2 Å². The first kappa shape index (κ1) is 18.1. The molecule has 0 bridgehead atoms. The van der Waals surface area contributed by atoms with Crippen LogP contribution < -0.4 is 5.32 Å². The number of hydrogen-bond donors (Lipinski definition) is 2. The number of hydrogen-bond acceptors (Lipinski definition) is 5. The Labute approximate surface area is 165 Å². The first-order chi connectivity index (χ1) is 13.6. The lowest BCUT2D eigenvalue weighted by Gasteiger charge is -2.08. The van der Waals surface area contributed by atoms with Crippen molar-refractivity contribution in [2.24, 2.45) is 0 Å². The summed E-state index contributed by atoms with van der Waals surface area (Å²) in [6, 6.07) is 10.5. The molecule has 0 unspecified atom stereocenters. The number of carbonyl (C=O) groups excluding carboxylic acids is 1. The number of carbonyl (C=O) groups is 1. The fourth-order valence-electron chi connectivity index (χ4n) is 2.85. The van der Waals surface area contributed by atoms with Crippen LogP contribution in [-0.2, 0) is 13.2 Å². The molecule has 0 saturated heterocycles. The minimum Gasteiger partial charge on any atom is -0.392 e. The molecule has 7 nitrogen and oxygen atoms in total. The van der Waals surface area contributed by atoms with Crippen molar-refractivity contribution in [2.75, 3.05) is 5.32 Å². The van der Waals surface area contributed by atoms with Crippen molar-refractivity contribution in [2.45, 2.75) is 13.2 Å². The SMILES string of the molecule is O=C(Nc1ccc(Cl)c(CO)c1)c1cnc2c(c1)ncn2Cc1cccnc1. The molecule has 2 N–H and O–H groups in total. The molecule has 0 radical (unpaired) electrons. The third kappa shape index (κ3) is 3.71. The maximum atomic E-state index is 12.6. The number of amides is 1. The number of nitrogens with one attached hydrogen (secondary N) is 1. The predicted molar refractivity (Wildman–Crippen MR) is 106 cm³/mol. The predicted octanol–water partition coefficient (Wildman–Crippen LogP) is 3.27. The average molecular weight is 394 g/mol. The number of rotatable bonds is 5. The molecule has 4 aromatic rings. The van der Waals surface area contributed by atoms with E-state index in [1.165, 1.54) is 6.20 Å². The molecule has 0 aliphatic carbocycles. The summed E-state index contributed by atoms with van der Waals surface area (Å²) < 4.78 is 1.90. The number of aliphatic hydroxyl groups is 1. The van der Waals surface area contributed by atoms with E-state index in [0.29, 0.717) is 39.5 Å². The Morgan fingerprint density at radius 3 is 2.86 bits per heavy atom. The van der Waals surface area contributed by atoms with Gasteiger partial charge in [0, 0.05) is 29.3 Å². The number of pyridine rings is 2. The Bertz CT molecular complexity index is 1140. The monoisotopic (exact) mass is 393 g/mol. The number of halogens is 1. The highest BCUT2D eigenvalue weighted by atomic mass is 35.5. The van der Waals surface area contributed by atoms with Crippen molar-refractivity contribution in [1.29, 1.82) is 0 Å². The van der Waals surface area contributed by atoms with E-state index in [4.69, 9.17) is 11.6 Å². The smallest absolute Gasteiger partial charge is 0.257 e. The minimum absolute atomic E-state index is 0.204. The second-order valence-electron chi connectivity index (χ2n) is 6.22. The molecular weight excluding hydrogens is 378 g/mol. The van der Waals surface area contributed by atoms with E-state index in [9.17, 15) is 9.90 Å². The molecule has 28 heavy (non-hydrogen) atoms. The summed E-state index contributed by atoms with van der Waals surface area (Å²) in [5.41, 5.74) is 3.83. The Morgan fingerprint density at radius 1 is 1.18 bits per heavy atom. The lowest BCUT2D eigenvalue weighted by atomic mass is 10.2. The Morgan fingerprint density at radius 2 is 2.07 bits per heavy atom. The molecule has 0 atom stereocenters. The van der Waals surface area contributed by atoms with Gasteiger partial charge >= 0.3 is 0 Å². The summed E-state index contributed by atoms with van der Waals surface area (Å²) in [7, 11) is 0. The van der Waals surface area contributed by atoms with Crippen LogP contribution in [0.3, 0.4) is 0 Å². The molecule has 0 saturated carbocycles. The van der Waals surface area contributed by atoms with Gasteiger partial charge in [0.2, 0.25) is 0 Å². The van der Waals surface area contributed by atoms with E-state index < -0.39 is 0 Å². The summed E-state index contributed by atoms with van der Waals surface area (Å²) in [5, 5.41) is 12.5. The average Bonchev–Trinajstić information content (AvgIpc) is 3.12. The van der Waals surface area contributed by atoms with Crippen LogP contribution in [0.4, 0.5) is 5.69 Å². The molecule has 0 aliphatic rings. The van der Waals surface area contributed by atoms with Gasteiger partial charge < -0.3 is 15.0 Å². The van der Waals surface area contributed by atoms with Gasteiger partial charge in [0.1, 0.15) is 5.52 Å². The molecular formula is C20H16ClN5O2. The van der Waals surface area contributed by atoms with Gasteiger partial charge in [0.15, 0.2) is 5.65 Å². The summed E-state index contributed by atoms with van der Waals surface area (Å²) in [6.45, 7) is 0.391. The molecule has 0 aliphatic heterocycles. The lowest BCUT2D eigenvalue weighted by molar-refractivity contribution is 0.102. The molecule has 3 heterocycles. The zero-order valence-electron chi connectivity index (χ0n) is 14.7. The number of imidazole rings is 1. The highest BCUT2D eigenvalue weighted by Crippen LogP contribution is 2.21. The van der Waals surface area contributed by atoms with Crippen LogP contribution in [0.1, 0.15) is 21.5 Å². The van der Waals surface area contributed by atoms with Gasteiger partial charge in [-0.05, 0) is 41.5 Å². The van der Waals surface area contributed by atoms with E-state index in [0.717, 1.165) is 5.56 Å². The van der Waals surface area contributed by atoms with E-state index in [1.807, 2.05) is 16.7 Å². The number of nitrogens with zero attached hydrogens (tertiary/aromatic N) is 4. The molecule has 1 amide bonds. The van der Waals surface area contributed by atoms with Gasteiger partial charge in [-0.25, -0.2) is 9.97 Å². The normalized spacial score (nSPS) is 10.9. The van der Waals surface area contributed by atoms with Crippen molar-refractivity contribution < 1.29 is 9.90 Å². The summed E-state index contributed by atoms with van der Waals surface area (Å²) in [4.78, 5) is 25.4. The van der Waals surface area contributed by atoms with Crippen LogP contribution in [0.15, 0.2) is 61.3 Å². The third-order valence-electron chi connectivity index (χ3n) is 4.27. The fourth-order valence-corrected chi connectivity index (χ4v) is 3.03. The zero-order valence-corrected chi connectivity index (χ0v) is 15.5. The van der Waals surface area contributed by atoms with Crippen molar-refractivity contribution in [3.63, 3.8) is 0 Å². The summed E-state index contributed by atoms with van der Waals surface area (Å²) >= 11 is 5.98. The first-order valence-electron chi connectivity index (χ1n) is 8.54. The number of anilines is 1. The van der Waals surface area contributed by atoms with Crippen molar-refractivity contribution in [3.8, 4) is 0 Å². The van der Waals surface area contributed by atoms with E-state index >= 15 is 0 Å². The van der Waals surface area contributed by atoms with Gasteiger partial charge in [-0.1, -0.05) is 17.7 Å². The van der Waals surface area contributed by atoms with E-state index in [-0.39, 0.29) is 12.5 Å². The molecule has 1 aromatic carbocycles. The maximum absolute atomic E-state index is 12.6. The van der Waals surface area contributed by atoms with Gasteiger partial charge in [-0.15, -0.1) is 0 Å². The number of fused-ring (bicyclic) bond motifs is 1. The molecule has 140 valence electrons. The van der Waals surface area contributed by atoms with Crippen LogP contribution in [0.2, 0.25) is 5.02 Å². The van der Waals surface area contributed by atoms with Gasteiger partial charge in [-0.3, -0.25) is 9.78 Å². The highest BCUT2D eigenvalue weighted by molar-refractivity contribution is 6.31. The van der Waals surface area contributed by atoms with Gasteiger partial charge in [0.05, 0.1) is 25.0 Å². The summed E-state index contributed by atoms with van der Waals surface area (Å²) in [6.07, 6.45) is 6.73. The number of benzene rings is 1. The maximum Gasteiger partial charge on any atom is 0.257 e. The van der Waals surface area contributed by atoms with Crippen LogP contribution >= 0.6 is 11.6 Å². The van der Waals surface area contributed by atoms with Crippen LogP contribution in [-0.4, -0.2) is 30.5 Å². The molecule has 4 rings (SSSR count). The highest BCUT2D eigenvalue weighted by Gasteiger charge is 2.12. The topological polar surface area (TPSA) is 92.9 Å². The number of aromatic nitrogens is 4. The standard InChI is InChI=1S/C20H16ClN5O2/c21-17-4-3-16(6-15(17)11-27)25-20(28)14-7-18-19(23-9-14)26(12-24-18)10-13-2-1-5-22-8-13/h1-9,12,27H,10-11H2,(H,25,28). The Hall–Kier alpha value is -3.29. The van der Waals surface area contributed by atoms with Crippen molar-refractivity contribution in [1.82, 2.24) is 19.5 Å². The minimum atomic E-state index is -0.317. The number of aliphatic hydroxyl groups excluding tert-OH is 1. The zero-order chi connectivity index (χ0) is 19.5. The molecule has 3 aromatic heterocycles. The van der Waals surface area contributed by atoms with Crippen LogP contribution in [0.5, 0.6) is 0 Å². The van der Waals surface area contributed by atoms with Crippen molar-refractivity contribution in [3.05, 3.63) is 83.0 Å². The fraction of sp³-hybridized carbons (Fsp3) is 0.100. The quantitative estimate of drug-likeness (QED) is 0.542. The van der Waals surface area contributed by atoms with Crippen molar-refractivity contribution >= 4 is 34.4 Å².